The zero-order valence-corrected chi connectivity index (χ0v) is 19.8. The largest absolute Gasteiger partial charge is 0.497 e. The molecule has 0 spiro atoms. The second-order valence-corrected chi connectivity index (χ2v) is 8.97. The molecular formula is C24H28N4O4S. The Bertz CT molecular complexity index is 1060. The molecule has 9 heteroatoms. The van der Waals surface area contributed by atoms with Gasteiger partial charge in [0.15, 0.2) is 0 Å². The predicted octanol–water partition coefficient (Wildman–Crippen LogP) is 4.09. The fraction of sp³-hybridized carbons (Fsp3) is 0.375. The van der Waals surface area contributed by atoms with E-state index in [1.807, 2.05) is 48.5 Å². The molecule has 3 aromatic rings. The van der Waals surface area contributed by atoms with E-state index in [1.165, 1.54) is 11.8 Å². The fourth-order valence-electron chi connectivity index (χ4n) is 3.87. The molecule has 2 atom stereocenters. The van der Waals surface area contributed by atoms with Gasteiger partial charge >= 0.3 is 0 Å². The number of amides is 1. The molecule has 4 rings (SSSR count). The second-order valence-electron chi connectivity index (χ2n) is 8.05. The van der Waals surface area contributed by atoms with Crippen molar-refractivity contribution in [1.29, 1.82) is 0 Å². The summed E-state index contributed by atoms with van der Waals surface area (Å²) in [5.41, 5.74) is 2.69. The Morgan fingerprint density at radius 2 is 1.85 bits per heavy atom. The molecule has 0 saturated carbocycles. The zero-order chi connectivity index (χ0) is 23.2. The highest BCUT2D eigenvalue weighted by molar-refractivity contribution is 7.99. The summed E-state index contributed by atoms with van der Waals surface area (Å²) in [6.45, 7) is 6.68. The monoisotopic (exact) mass is 468 g/mol. The number of para-hydroxylation sites is 1. The molecule has 8 nitrogen and oxygen atoms in total. The number of morpholine rings is 1. The molecule has 1 N–H and O–H groups in total. The second kappa shape index (κ2) is 10.8. The van der Waals surface area contributed by atoms with Crippen molar-refractivity contribution in [2.75, 3.05) is 31.3 Å². The van der Waals surface area contributed by atoms with Crippen LogP contribution in [0.4, 0.5) is 5.69 Å². The van der Waals surface area contributed by atoms with Crippen molar-refractivity contribution in [3.05, 3.63) is 54.1 Å². The Balaban J connectivity index is 1.33. The van der Waals surface area contributed by atoms with Crippen molar-refractivity contribution in [3.63, 3.8) is 0 Å². The summed E-state index contributed by atoms with van der Waals surface area (Å²) in [6, 6.07) is 15.3. The first kappa shape index (κ1) is 23.3. The van der Waals surface area contributed by atoms with E-state index in [4.69, 9.17) is 13.9 Å². The van der Waals surface area contributed by atoms with Crippen LogP contribution in [0, 0.1) is 0 Å². The molecule has 1 aromatic heterocycles. The SMILES string of the molecule is COc1ccc(-c2nnc(SCC(=O)Nc3ccccc3CN3CC(C)OC(C)C3)o2)cc1. The predicted molar refractivity (Wildman–Crippen MR) is 127 cm³/mol. The number of nitrogens with one attached hydrogen (secondary N) is 1. The van der Waals surface area contributed by atoms with Crippen LogP contribution in [0.25, 0.3) is 11.5 Å². The number of ether oxygens (including phenoxy) is 2. The van der Waals surface area contributed by atoms with Crippen molar-refractivity contribution in [3.8, 4) is 17.2 Å². The van der Waals surface area contributed by atoms with E-state index < -0.39 is 0 Å². The number of nitrogens with zero attached hydrogens (tertiary/aromatic N) is 3. The van der Waals surface area contributed by atoms with Gasteiger partial charge < -0.3 is 19.2 Å². The van der Waals surface area contributed by atoms with Crippen LogP contribution < -0.4 is 10.1 Å². The van der Waals surface area contributed by atoms with Crippen molar-refractivity contribution in [2.45, 2.75) is 37.8 Å². The minimum atomic E-state index is -0.125. The maximum atomic E-state index is 12.6. The Morgan fingerprint density at radius 1 is 1.12 bits per heavy atom. The zero-order valence-electron chi connectivity index (χ0n) is 19.0. The summed E-state index contributed by atoms with van der Waals surface area (Å²) < 4.78 is 16.7. The van der Waals surface area contributed by atoms with Gasteiger partial charge in [-0.05, 0) is 49.7 Å². The van der Waals surface area contributed by atoms with E-state index in [9.17, 15) is 4.79 Å². The third-order valence-electron chi connectivity index (χ3n) is 5.25. The third-order valence-corrected chi connectivity index (χ3v) is 6.07. The van der Waals surface area contributed by atoms with Crippen LogP contribution >= 0.6 is 11.8 Å². The Morgan fingerprint density at radius 3 is 2.58 bits per heavy atom. The van der Waals surface area contributed by atoms with Crippen LogP contribution in [0.15, 0.2) is 58.2 Å². The minimum absolute atomic E-state index is 0.125. The molecule has 2 aromatic carbocycles. The number of thioether (sulfide) groups is 1. The topological polar surface area (TPSA) is 89.7 Å². The van der Waals surface area contributed by atoms with Crippen molar-refractivity contribution < 1.29 is 18.7 Å². The van der Waals surface area contributed by atoms with E-state index in [-0.39, 0.29) is 23.9 Å². The maximum absolute atomic E-state index is 12.6. The maximum Gasteiger partial charge on any atom is 0.277 e. The number of benzene rings is 2. The average Bonchev–Trinajstić information content (AvgIpc) is 3.27. The normalized spacial score (nSPS) is 18.8. The Hall–Kier alpha value is -2.88. The smallest absolute Gasteiger partial charge is 0.277 e. The fourth-order valence-corrected chi connectivity index (χ4v) is 4.43. The minimum Gasteiger partial charge on any atom is -0.497 e. The van der Waals surface area contributed by atoms with E-state index in [0.717, 1.165) is 42.2 Å². The molecule has 1 amide bonds. The highest BCUT2D eigenvalue weighted by Crippen LogP contribution is 2.25. The molecule has 1 fully saturated rings. The van der Waals surface area contributed by atoms with Gasteiger partial charge in [-0.2, -0.15) is 0 Å². The lowest BCUT2D eigenvalue weighted by Crippen LogP contribution is -2.44. The van der Waals surface area contributed by atoms with Crippen LogP contribution in [0.3, 0.4) is 0 Å². The van der Waals surface area contributed by atoms with Gasteiger partial charge in [-0.3, -0.25) is 9.69 Å². The van der Waals surface area contributed by atoms with Crippen LogP contribution in [0.5, 0.6) is 5.75 Å². The summed E-state index contributed by atoms with van der Waals surface area (Å²) in [5, 5.41) is 11.5. The average molecular weight is 469 g/mol. The highest BCUT2D eigenvalue weighted by Gasteiger charge is 2.23. The van der Waals surface area contributed by atoms with E-state index in [1.54, 1.807) is 7.11 Å². The number of hydrogen-bond donors (Lipinski definition) is 1. The van der Waals surface area contributed by atoms with E-state index in [2.05, 4.69) is 34.3 Å². The molecule has 174 valence electrons. The number of carbonyl (C=O) groups is 1. The lowest BCUT2D eigenvalue weighted by atomic mass is 10.1. The molecule has 2 heterocycles. The van der Waals surface area contributed by atoms with Crippen molar-refractivity contribution >= 4 is 23.4 Å². The summed E-state index contributed by atoms with van der Waals surface area (Å²) in [6.07, 6.45) is 0.397. The Kier molecular flexibility index (Phi) is 7.64. The van der Waals surface area contributed by atoms with Gasteiger partial charge in [0.05, 0.1) is 25.1 Å². The van der Waals surface area contributed by atoms with Crippen LogP contribution in [0.2, 0.25) is 0 Å². The van der Waals surface area contributed by atoms with Gasteiger partial charge in [0, 0.05) is 30.9 Å². The molecule has 1 aliphatic heterocycles. The Labute approximate surface area is 197 Å². The van der Waals surface area contributed by atoms with Crippen molar-refractivity contribution in [2.24, 2.45) is 0 Å². The number of methoxy groups -OCH3 is 1. The summed E-state index contributed by atoms with van der Waals surface area (Å²) in [5.74, 6) is 1.20. The standard InChI is InChI=1S/C24H28N4O4S/c1-16-12-28(13-17(2)31-16)14-19-6-4-5-7-21(19)25-22(29)15-33-24-27-26-23(32-24)18-8-10-20(30-3)11-9-18/h4-11,16-17H,12-15H2,1-3H3,(H,25,29). The quantitative estimate of drug-likeness (QED) is 0.495. The van der Waals surface area contributed by atoms with Gasteiger partial charge in [-0.15, -0.1) is 10.2 Å². The van der Waals surface area contributed by atoms with Gasteiger partial charge in [0.1, 0.15) is 5.75 Å². The van der Waals surface area contributed by atoms with E-state index in [0.29, 0.717) is 11.1 Å². The summed E-state index contributed by atoms with van der Waals surface area (Å²) >= 11 is 1.21. The lowest BCUT2D eigenvalue weighted by molar-refractivity contribution is -0.113. The molecular weight excluding hydrogens is 440 g/mol. The first-order valence-corrected chi connectivity index (χ1v) is 11.8. The first-order chi connectivity index (χ1) is 16.0. The van der Waals surface area contributed by atoms with Crippen molar-refractivity contribution in [1.82, 2.24) is 15.1 Å². The summed E-state index contributed by atoms with van der Waals surface area (Å²) in [4.78, 5) is 15.0. The van der Waals surface area contributed by atoms with Crippen LogP contribution in [-0.4, -0.2) is 59.2 Å². The van der Waals surface area contributed by atoms with Crippen LogP contribution in [0.1, 0.15) is 19.4 Å². The molecule has 0 radical (unpaired) electrons. The summed E-state index contributed by atoms with van der Waals surface area (Å²) in [7, 11) is 1.61. The molecule has 0 bridgehead atoms. The number of aromatic nitrogens is 2. The molecule has 1 aliphatic rings. The van der Waals surface area contributed by atoms with Crippen LogP contribution in [-0.2, 0) is 16.1 Å². The molecule has 2 unspecified atom stereocenters. The third kappa shape index (κ3) is 6.34. The number of anilines is 1. The van der Waals surface area contributed by atoms with Gasteiger partial charge in [-0.25, -0.2) is 0 Å². The molecule has 1 saturated heterocycles. The first-order valence-electron chi connectivity index (χ1n) is 10.9. The molecule has 33 heavy (non-hydrogen) atoms. The highest BCUT2D eigenvalue weighted by atomic mass is 32.2. The van der Waals surface area contributed by atoms with Gasteiger partial charge in [-0.1, -0.05) is 30.0 Å². The van der Waals surface area contributed by atoms with Gasteiger partial charge in [0.2, 0.25) is 11.8 Å². The van der Waals surface area contributed by atoms with E-state index >= 15 is 0 Å². The number of carbonyl (C=O) groups excluding carboxylic acids is 1. The number of hydrogen-bond acceptors (Lipinski definition) is 8. The van der Waals surface area contributed by atoms with Gasteiger partial charge in [0.25, 0.3) is 5.22 Å². The lowest BCUT2D eigenvalue weighted by Gasteiger charge is -2.35. The number of rotatable bonds is 8. The molecule has 0 aliphatic carbocycles.